The standard InChI is InChI=1S/C6H10O5/c1-4(8)6(10)11-5(9)2-3-7/h4,7-8H,2-3H2,1H3. The monoisotopic (exact) mass is 162 g/mol. The zero-order valence-corrected chi connectivity index (χ0v) is 6.11. The number of esters is 2. The van der Waals surface area contributed by atoms with Gasteiger partial charge in [0.05, 0.1) is 13.0 Å². The predicted molar refractivity (Wildman–Crippen MR) is 34.5 cm³/mol. The van der Waals surface area contributed by atoms with Crippen molar-refractivity contribution >= 4 is 11.9 Å². The molecular weight excluding hydrogens is 152 g/mol. The highest BCUT2D eigenvalue weighted by molar-refractivity contribution is 5.87. The number of aliphatic hydroxyl groups is 2. The van der Waals surface area contributed by atoms with Crippen molar-refractivity contribution < 1.29 is 24.5 Å². The number of carbonyl (C=O) groups is 2. The van der Waals surface area contributed by atoms with Crippen LogP contribution in [0.1, 0.15) is 13.3 Å². The first-order valence-electron chi connectivity index (χ1n) is 3.11. The van der Waals surface area contributed by atoms with Gasteiger partial charge in [0.2, 0.25) is 0 Å². The van der Waals surface area contributed by atoms with E-state index in [4.69, 9.17) is 10.2 Å². The van der Waals surface area contributed by atoms with E-state index in [-0.39, 0.29) is 13.0 Å². The maximum absolute atomic E-state index is 10.5. The fraction of sp³-hybridized carbons (Fsp3) is 0.667. The normalized spacial score (nSPS) is 12.3. The third kappa shape index (κ3) is 4.46. The van der Waals surface area contributed by atoms with E-state index >= 15 is 0 Å². The van der Waals surface area contributed by atoms with Crippen LogP contribution in [-0.2, 0) is 14.3 Å². The van der Waals surface area contributed by atoms with Crippen molar-refractivity contribution in [1.29, 1.82) is 0 Å². The molecule has 0 aromatic rings. The highest BCUT2D eigenvalue weighted by atomic mass is 16.6. The summed E-state index contributed by atoms with van der Waals surface area (Å²) in [4.78, 5) is 20.9. The highest BCUT2D eigenvalue weighted by Gasteiger charge is 2.14. The molecule has 0 spiro atoms. The van der Waals surface area contributed by atoms with Gasteiger partial charge in [-0.3, -0.25) is 4.79 Å². The van der Waals surface area contributed by atoms with Crippen molar-refractivity contribution in [2.24, 2.45) is 0 Å². The average Bonchev–Trinajstić information content (AvgIpc) is 1.87. The maximum Gasteiger partial charge on any atom is 0.342 e. The Balaban J connectivity index is 3.67. The highest BCUT2D eigenvalue weighted by Crippen LogP contribution is 1.90. The number of hydrogen-bond donors (Lipinski definition) is 2. The summed E-state index contributed by atoms with van der Waals surface area (Å²) in [5, 5.41) is 16.8. The topological polar surface area (TPSA) is 83.8 Å². The summed E-state index contributed by atoms with van der Waals surface area (Å²) in [7, 11) is 0. The van der Waals surface area contributed by atoms with Crippen molar-refractivity contribution in [3.05, 3.63) is 0 Å². The largest absolute Gasteiger partial charge is 0.396 e. The summed E-state index contributed by atoms with van der Waals surface area (Å²) in [5.74, 6) is -1.83. The molecule has 0 aromatic heterocycles. The fourth-order valence-electron chi connectivity index (χ4n) is 0.340. The summed E-state index contributed by atoms with van der Waals surface area (Å²) in [5.41, 5.74) is 0. The first kappa shape index (κ1) is 10.1. The van der Waals surface area contributed by atoms with Gasteiger partial charge in [0, 0.05) is 0 Å². The molecule has 0 fully saturated rings. The second-order valence-electron chi connectivity index (χ2n) is 1.94. The summed E-state index contributed by atoms with van der Waals surface area (Å²) >= 11 is 0. The van der Waals surface area contributed by atoms with Crippen LogP contribution in [0, 0.1) is 0 Å². The smallest absolute Gasteiger partial charge is 0.342 e. The minimum Gasteiger partial charge on any atom is -0.396 e. The molecule has 5 heteroatoms. The lowest BCUT2D eigenvalue weighted by Gasteiger charge is -2.02. The van der Waals surface area contributed by atoms with Gasteiger partial charge in [0.15, 0.2) is 0 Å². The van der Waals surface area contributed by atoms with Crippen LogP contribution in [-0.4, -0.2) is 34.9 Å². The van der Waals surface area contributed by atoms with Gasteiger partial charge in [-0.05, 0) is 6.92 Å². The quantitative estimate of drug-likeness (QED) is 0.403. The molecule has 64 valence electrons. The van der Waals surface area contributed by atoms with E-state index in [9.17, 15) is 9.59 Å². The lowest BCUT2D eigenvalue weighted by atomic mass is 10.4. The molecule has 0 heterocycles. The molecule has 5 nitrogen and oxygen atoms in total. The van der Waals surface area contributed by atoms with Crippen molar-refractivity contribution in [2.45, 2.75) is 19.4 Å². The number of hydrogen-bond acceptors (Lipinski definition) is 5. The van der Waals surface area contributed by atoms with Crippen molar-refractivity contribution in [1.82, 2.24) is 0 Å². The van der Waals surface area contributed by atoms with E-state index in [1.165, 1.54) is 6.92 Å². The first-order valence-corrected chi connectivity index (χ1v) is 3.11. The molecular formula is C6H10O5. The SMILES string of the molecule is CC(O)C(=O)OC(=O)CCO. The summed E-state index contributed by atoms with van der Waals surface area (Å²) in [6.45, 7) is 0.820. The van der Waals surface area contributed by atoms with Crippen molar-refractivity contribution in [3.8, 4) is 0 Å². The van der Waals surface area contributed by atoms with E-state index in [1.807, 2.05) is 0 Å². The Kier molecular flexibility index (Phi) is 4.40. The predicted octanol–water partition coefficient (Wildman–Crippen LogP) is -1.18. The second-order valence-corrected chi connectivity index (χ2v) is 1.94. The van der Waals surface area contributed by atoms with Crippen LogP contribution in [0.3, 0.4) is 0 Å². The number of aliphatic hydroxyl groups excluding tert-OH is 2. The van der Waals surface area contributed by atoms with Gasteiger partial charge < -0.3 is 14.9 Å². The van der Waals surface area contributed by atoms with Gasteiger partial charge in [0.25, 0.3) is 0 Å². The molecule has 0 aliphatic carbocycles. The molecule has 1 atom stereocenters. The minimum absolute atomic E-state index is 0.238. The van der Waals surface area contributed by atoms with Gasteiger partial charge in [-0.1, -0.05) is 0 Å². The van der Waals surface area contributed by atoms with Crippen molar-refractivity contribution in [3.63, 3.8) is 0 Å². The Morgan fingerprint density at radius 2 is 2.09 bits per heavy atom. The van der Waals surface area contributed by atoms with Crippen LogP contribution in [0.25, 0.3) is 0 Å². The van der Waals surface area contributed by atoms with Crippen LogP contribution in [0.15, 0.2) is 0 Å². The van der Waals surface area contributed by atoms with Gasteiger partial charge in [-0.25, -0.2) is 4.79 Å². The van der Waals surface area contributed by atoms with Crippen LogP contribution in [0.4, 0.5) is 0 Å². The molecule has 11 heavy (non-hydrogen) atoms. The van der Waals surface area contributed by atoms with E-state index < -0.39 is 18.0 Å². The second kappa shape index (κ2) is 4.81. The first-order chi connectivity index (χ1) is 5.07. The van der Waals surface area contributed by atoms with Crippen molar-refractivity contribution in [2.75, 3.05) is 6.61 Å². The summed E-state index contributed by atoms with van der Waals surface area (Å²) in [6, 6.07) is 0. The zero-order chi connectivity index (χ0) is 8.85. The van der Waals surface area contributed by atoms with Gasteiger partial charge in [-0.2, -0.15) is 0 Å². The van der Waals surface area contributed by atoms with Crippen LogP contribution < -0.4 is 0 Å². The third-order valence-corrected chi connectivity index (χ3v) is 0.871. The molecule has 2 N–H and O–H groups in total. The van der Waals surface area contributed by atoms with E-state index in [2.05, 4.69) is 4.74 Å². The molecule has 1 unspecified atom stereocenters. The van der Waals surface area contributed by atoms with Gasteiger partial charge >= 0.3 is 11.9 Å². The Morgan fingerprint density at radius 3 is 2.45 bits per heavy atom. The zero-order valence-electron chi connectivity index (χ0n) is 6.11. The van der Waals surface area contributed by atoms with Crippen LogP contribution >= 0.6 is 0 Å². The fourth-order valence-corrected chi connectivity index (χ4v) is 0.340. The molecule has 0 aliphatic heterocycles. The molecule has 0 aliphatic rings. The maximum atomic E-state index is 10.5. The molecule has 0 saturated carbocycles. The Hall–Kier alpha value is -0.940. The van der Waals surface area contributed by atoms with E-state index in [0.717, 1.165) is 0 Å². The van der Waals surface area contributed by atoms with Gasteiger partial charge in [-0.15, -0.1) is 0 Å². The Labute approximate surface area is 63.6 Å². The lowest BCUT2D eigenvalue weighted by Crippen LogP contribution is -2.23. The summed E-state index contributed by atoms with van der Waals surface area (Å²) < 4.78 is 4.06. The number of carbonyl (C=O) groups excluding carboxylic acids is 2. The number of ether oxygens (including phenoxy) is 1. The molecule has 0 rings (SSSR count). The van der Waals surface area contributed by atoms with E-state index in [1.54, 1.807) is 0 Å². The average molecular weight is 162 g/mol. The third-order valence-electron chi connectivity index (χ3n) is 0.871. The Morgan fingerprint density at radius 1 is 1.55 bits per heavy atom. The van der Waals surface area contributed by atoms with Gasteiger partial charge in [0.1, 0.15) is 6.10 Å². The molecule has 0 radical (unpaired) electrons. The van der Waals surface area contributed by atoms with Crippen LogP contribution in [0.2, 0.25) is 0 Å². The van der Waals surface area contributed by atoms with E-state index in [0.29, 0.717) is 0 Å². The minimum atomic E-state index is -1.31. The molecule has 0 amide bonds. The Bertz CT molecular complexity index is 151. The molecule has 0 aromatic carbocycles. The number of rotatable bonds is 3. The molecule has 0 bridgehead atoms. The summed E-state index contributed by atoms with van der Waals surface area (Å²) in [6.07, 6.45) is -1.55. The molecule has 0 saturated heterocycles. The van der Waals surface area contributed by atoms with Crippen LogP contribution in [0.5, 0.6) is 0 Å². The lowest BCUT2D eigenvalue weighted by molar-refractivity contribution is -0.165.